The van der Waals surface area contributed by atoms with Crippen molar-refractivity contribution >= 4 is 11.9 Å². The van der Waals surface area contributed by atoms with E-state index in [-0.39, 0.29) is 22.6 Å². The van der Waals surface area contributed by atoms with E-state index in [4.69, 9.17) is 9.52 Å². The van der Waals surface area contributed by atoms with Crippen molar-refractivity contribution < 1.29 is 19.1 Å². The lowest BCUT2D eigenvalue weighted by atomic mass is 9.64. The molecule has 0 unspecified atom stereocenters. The molecule has 0 radical (unpaired) electrons. The molecule has 122 valence electrons. The monoisotopic (exact) mass is 307 g/mol. The Labute approximate surface area is 131 Å². The van der Waals surface area contributed by atoms with Gasteiger partial charge < -0.3 is 14.8 Å². The molecule has 1 amide bonds. The quantitative estimate of drug-likeness (QED) is 0.808. The van der Waals surface area contributed by atoms with Gasteiger partial charge >= 0.3 is 5.97 Å². The number of carboxylic acid groups (broad SMARTS) is 1. The van der Waals surface area contributed by atoms with E-state index in [1.807, 2.05) is 0 Å². The number of nitrogens with one attached hydrogen (secondary N) is 1. The molecule has 1 aliphatic rings. The average molecular weight is 307 g/mol. The summed E-state index contributed by atoms with van der Waals surface area (Å²) >= 11 is 0. The van der Waals surface area contributed by atoms with E-state index in [0.29, 0.717) is 24.6 Å². The maximum atomic E-state index is 12.2. The van der Waals surface area contributed by atoms with E-state index in [1.165, 1.54) is 12.5 Å². The summed E-state index contributed by atoms with van der Waals surface area (Å²) in [6, 6.07) is 1.33. The Bertz CT molecular complexity index is 555. The molecule has 0 aromatic carbocycles. The summed E-state index contributed by atoms with van der Waals surface area (Å²) in [5, 5.41) is 12.0. The van der Waals surface area contributed by atoms with Crippen molar-refractivity contribution in [2.24, 2.45) is 11.3 Å². The van der Waals surface area contributed by atoms with Crippen molar-refractivity contribution in [1.82, 2.24) is 5.32 Å². The fourth-order valence-electron chi connectivity index (χ4n) is 3.34. The average Bonchev–Trinajstić information content (AvgIpc) is 2.85. The van der Waals surface area contributed by atoms with Gasteiger partial charge in [0.15, 0.2) is 5.76 Å². The van der Waals surface area contributed by atoms with Crippen molar-refractivity contribution in [2.45, 2.75) is 52.9 Å². The molecule has 0 spiro atoms. The van der Waals surface area contributed by atoms with Gasteiger partial charge in [0.2, 0.25) is 0 Å². The number of aryl methyl sites for hydroxylation is 1. The number of aromatic carboxylic acids is 1. The molecule has 1 aromatic rings. The lowest BCUT2D eigenvalue weighted by Crippen LogP contribution is -2.42. The van der Waals surface area contributed by atoms with Gasteiger partial charge in [-0.05, 0) is 30.6 Å². The summed E-state index contributed by atoms with van der Waals surface area (Å²) in [7, 11) is 0. The number of carbonyl (C=O) groups excluding carboxylic acids is 1. The van der Waals surface area contributed by atoms with Gasteiger partial charge in [-0.1, -0.05) is 27.2 Å². The van der Waals surface area contributed by atoms with E-state index in [9.17, 15) is 9.59 Å². The first-order valence-corrected chi connectivity index (χ1v) is 8.01. The Morgan fingerprint density at radius 1 is 1.41 bits per heavy atom. The topological polar surface area (TPSA) is 79.5 Å². The van der Waals surface area contributed by atoms with Gasteiger partial charge in [0, 0.05) is 19.0 Å². The normalized spacial score (nSPS) is 16.4. The van der Waals surface area contributed by atoms with E-state index < -0.39 is 5.97 Å². The molecule has 0 saturated heterocycles. The van der Waals surface area contributed by atoms with E-state index in [0.717, 1.165) is 19.3 Å². The van der Waals surface area contributed by atoms with Crippen LogP contribution in [0.1, 0.15) is 73.1 Å². The van der Waals surface area contributed by atoms with Gasteiger partial charge in [0.1, 0.15) is 11.3 Å². The molecular weight excluding hydrogens is 282 g/mol. The predicted molar refractivity (Wildman–Crippen MR) is 83.1 cm³/mol. The highest BCUT2D eigenvalue weighted by molar-refractivity contribution is 5.96. The van der Waals surface area contributed by atoms with Crippen LogP contribution in [0.2, 0.25) is 0 Å². The summed E-state index contributed by atoms with van der Waals surface area (Å²) in [4.78, 5) is 23.3. The second kappa shape index (κ2) is 6.55. The van der Waals surface area contributed by atoms with Crippen LogP contribution in [0.4, 0.5) is 0 Å². The van der Waals surface area contributed by atoms with Crippen molar-refractivity contribution in [3.8, 4) is 0 Å². The number of carboxylic acids is 1. The minimum atomic E-state index is -1.06. The minimum absolute atomic E-state index is 0.0770. The Balaban J connectivity index is 2.02. The van der Waals surface area contributed by atoms with E-state index >= 15 is 0 Å². The second-order valence-corrected chi connectivity index (χ2v) is 6.74. The molecule has 1 saturated carbocycles. The van der Waals surface area contributed by atoms with Crippen LogP contribution in [0, 0.1) is 11.3 Å². The largest absolute Gasteiger partial charge is 0.478 e. The molecule has 5 heteroatoms. The molecule has 5 nitrogen and oxygen atoms in total. The molecular formula is C17H25NO4. The Morgan fingerprint density at radius 2 is 2.09 bits per heavy atom. The van der Waals surface area contributed by atoms with Crippen LogP contribution in [-0.4, -0.2) is 23.5 Å². The van der Waals surface area contributed by atoms with E-state index in [2.05, 4.69) is 19.2 Å². The van der Waals surface area contributed by atoms with Gasteiger partial charge in [-0.3, -0.25) is 4.79 Å². The first-order valence-electron chi connectivity index (χ1n) is 8.01. The van der Waals surface area contributed by atoms with Crippen molar-refractivity contribution in [1.29, 1.82) is 0 Å². The van der Waals surface area contributed by atoms with Crippen LogP contribution in [0.25, 0.3) is 0 Å². The lowest BCUT2D eigenvalue weighted by molar-refractivity contribution is 0.0693. The van der Waals surface area contributed by atoms with Gasteiger partial charge in [0.25, 0.3) is 5.91 Å². The first-order chi connectivity index (χ1) is 10.4. The number of carbonyl (C=O) groups is 2. The third-order valence-electron chi connectivity index (χ3n) is 4.46. The Kier molecular flexibility index (Phi) is 4.94. The highest BCUT2D eigenvalue weighted by Gasteiger charge is 2.37. The molecule has 1 fully saturated rings. The zero-order valence-corrected chi connectivity index (χ0v) is 13.6. The van der Waals surface area contributed by atoms with Gasteiger partial charge in [-0.2, -0.15) is 0 Å². The van der Waals surface area contributed by atoms with Gasteiger partial charge in [-0.25, -0.2) is 4.79 Å². The van der Waals surface area contributed by atoms with Crippen LogP contribution in [0.3, 0.4) is 0 Å². The summed E-state index contributed by atoms with van der Waals surface area (Å²) in [5.74, 6) is -0.343. The van der Waals surface area contributed by atoms with Crippen LogP contribution < -0.4 is 5.32 Å². The third-order valence-corrected chi connectivity index (χ3v) is 4.46. The number of amides is 1. The van der Waals surface area contributed by atoms with Crippen molar-refractivity contribution in [2.75, 3.05) is 6.54 Å². The van der Waals surface area contributed by atoms with Crippen LogP contribution in [0.5, 0.6) is 0 Å². The van der Waals surface area contributed by atoms with Gasteiger partial charge in [-0.15, -0.1) is 0 Å². The molecule has 0 aliphatic heterocycles. The number of hydrogen-bond acceptors (Lipinski definition) is 3. The molecule has 1 aromatic heterocycles. The second-order valence-electron chi connectivity index (χ2n) is 6.74. The molecule has 1 aliphatic carbocycles. The summed E-state index contributed by atoms with van der Waals surface area (Å²) < 4.78 is 5.39. The Hall–Kier alpha value is -1.78. The maximum Gasteiger partial charge on any atom is 0.339 e. The highest BCUT2D eigenvalue weighted by atomic mass is 16.4. The zero-order chi connectivity index (χ0) is 16.3. The lowest BCUT2D eigenvalue weighted by Gasteiger charge is -2.43. The number of furan rings is 1. The zero-order valence-electron chi connectivity index (χ0n) is 13.6. The molecule has 2 rings (SSSR count). The summed E-state index contributed by atoms with van der Waals surface area (Å²) in [6.45, 7) is 6.83. The molecule has 22 heavy (non-hydrogen) atoms. The number of hydrogen-bond donors (Lipinski definition) is 2. The summed E-state index contributed by atoms with van der Waals surface area (Å²) in [6.07, 6.45) is 5.05. The predicted octanol–water partition coefficient (Wildman–Crippen LogP) is 3.49. The SMILES string of the molecule is CCc1oc(C(=O)NCC2(CC(C)C)CCC2)cc1C(=O)O. The highest BCUT2D eigenvalue weighted by Crippen LogP contribution is 2.45. The van der Waals surface area contributed by atoms with Crippen molar-refractivity contribution in [3.63, 3.8) is 0 Å². The third kappa shape index (κ3) is 3.51. The first kappa shape index (κ1) is 16.6. The van der Waals surface area contributed by atoms with Crippen LogP contribution >= 0.6 is 0 Å². The van der Waals surface area contributed by atoms with Crippen LogP contribution in [0.15, 0.2) is 10.5 Å². The Morgan fingerprint density at radius 3 is 2.50 bits per heavy atom. The molecule has 0 atom stereocenters. The smallest absolute Gasteiger partial charge is 0.339 e. The van der Waals surface area contributed by atoms with E-state index in [1.54, 1.807) is 6.92 Å². The standard InChI is InChI=1S/C17H25NO4/c1-4-13-12(16(20)21)8-14(22-13)15(19)18-10-17(6-5-7-17)9-11(2)3/h8,11H,4-7,9-10H2,1-3H3,(H,18,19)(H,20,21). The molecule has 1 heterocycles. The fraction of sp³-hybridized carbons (Fsp3) is 0.647. The molecule has 0 bridgehead atoms. The minimum Gasteiger partial charge on any atom is -0.478 e. The van der Waals surface area contributed by atoms with Gasteiger partial charge in [0.05, 0.1) is 0 Å². The van der Waals surface area contributed by atoms with Crippen molar-refractivity contribution in [3.05, 3.63) is 23.2 Å². The summed E-state index contributed by atoms with van der Waals surface area (Å²) in [5.41, 5.74) is 0.285. The fourth-order valence-corrected chi connectivity index (χ4v) is 3.34. The number of rotatable bonds is 7. The van der Waals surface area contributed by atoms with Crippen LogP contribution in [-0.2, 0) is 6.42 Å². The molecule has 2 N–H and O–H groups in total. The maximum absolute atomic E-state index is 12.2.